The van der Waals surface area contributed by atoms with Crippen LogP contribution in [0.4, 0.5) is 11.4 Å². The average Bonchev–Trinajstić information content (AvgIpc) is 2.78. The van der Waals surface area contributed by atoms with E-state index in [1.54, 1.807) is 18.2 Å². The zero-order valence-electron chi connectivity index (χ0n) is 12.8. The summed E-state index contributed by atoms with van der Waals surface area (Å²) in [6, 6.07) is 10.2. The predicted octanol–water partition coefficient (Wildman–Crippen LogP) is 2.32. The van der Waals surface area contributed by atoms with Crippen LogP contribution in [0, 0.1) is 17.0 Å². The Labute approximate surface area is 137 Å². The van der Waals surface area contributed by atoms with Gasteiger partial charge in [0.25, 0.3) is 11.6 Å². The SMILES string of the molecule is Cc1ccc2c(c1)C(O)(CC(=O)c1ccc([N+](=O)[O-])cc1)C(=O)N2. The van der Waals surface area contributed by atoms with Crippen LogP contribution in [-0.4, -0.2) is 21.7 Å². The van der Waals surface area contributed by atoms with E-state index in [9.17, 15) is 24.8 Å². The summed E-state index contributed by atoms with van der Waals surface area (Å²) in [5.41, 5.74) is -0.188. The van der Waals surface area contributed by atoms with Crippen molar-refractivity contribution in [2.75, 3.05) is 5.32 Å². The van der Waals surface area contributed by atoms with E-state index in [0.29, 0.717) is 11.3 Å². The molecule has 0 saturated carbocycles. The number of aryl methyl sites for hydroxylation is 1. The van der Waals surface area contributed by atoms with Gasteiger partial charge in [-0.3, -0.25) is 19.7 Å². The van der Waals surface area contributed by atoms with Crippen molar-refractivity contribution >= 4 is 23.1 Å². The van der Waals surface area contributed by atoms with E-state index in [1.807, 2.05) is 6.92 Å². The van der Waals surface area contributed by atoms with Gasteiger partial charge >= 0.3 is 0 Å². The number of aliphatic hydroxyl groups is 1. The molecular formula is C17H14N2O5. The Kier molecular flexibility index (Phi) is 3.65. The minimum absolute atomic E-state index is 0.134. The topological polar surface area (TPSA) is 110 Å². The predicted molar refractivity (Wildman–Crippen MR) is 85.7 cm³/mol. The number of hydrogen-bond acceptors (Lipinski definition) is 5. The maximum absolute atomic E-state index is 12.4. The molecule has 0 aromatic heterocycles. The molecule has 3 rings (SSSR count). The summed E-state index contributed by atoms with van der Waals surface area (Å²) in [7, 11) is 0. The van der Waals surface area contributed by atoms with Crippen LogP contribution in [0.15, 0.2) is 42.5 Å². The zero-order chi connectivity index (χ0) is 17.5. The molecule has 1 unspecified atom stereocenters. The van der Waals surface area contributed by atoms with Crippen LogP contribution in [0.2, 0.25) is 0 Å². The molecule has 1 amide bonds. The van der Waals surface area contributed by atoms with Gasteiger partial charge in [-0.2, -0.15) is 0 Å². The Balaban J connectivity index is 1.90. The van der Waals surface area contributed by atoms with Crippen LogP contribution < -0.4 is 5.32 Å². The third-order valence-corrected chi connectivity index (χ3v) is 4.06. The van der Waals surface area contributed by atoms with Gasteiger partial charge in [0, 0.05) is 28.9 Å². The van der Waals surface area contributed by atoms with Crippen LogP contribution in [0.25, 0.3) is 0 Å². The molecule has 1 heterocycles. The molecule has 0 fully saturated rings. The fourth-order valence-corrected chi connectivity index (χ4v) is 2.74. The lowest BCUT2D eigenvalue weighted by Crippen LogP contribution is -2.36. The first kappa shape index (κ1) is 15.8. The smallest absolute Gasteiger partial charge is 0.269 e. The third kappa shape index (κ3) is 2.55. The maximum Gasteiger partial charge on any atom is 0.269 e. The quantitative estimate of drug-likeness (QED) is 0.509. The van der Waals surface area contributed by atoms with Gasteiger partial charge in [0.05, 0.1) is 11.3 Å². The molecule has 0 aliphatic carbocycles. The number of nitro benzene ring substituents is 1. The van der Waals surface area contributed by atoms with Gasteiger partial charge < -0.3 is 10.4 Å². The number of amides is 1. The highest BCUT2D eigenvalue weighted by Gasteiger charge is 2.46. The molecule has 7 nitrogen and oxygen atoms in total. The zero-order valence-corrected chi connectivity index (χ0v) is 12.8. The Hall–Kier alpha value is -3.06. The molecule has 1 atom stereocenters. The van der Waals surface area contributed by atoms with Crippen LogP contribution >= 0.6 is 0 Å². The Morgan fingerprint density at radius 2 is 1.92 bits per heavy atom. The largest absolute Gasteiger partial charge is 0.375 e. The Bertz CT molecular complexity index is 860. The molecule has 2 aromatic carbocycles. The number of carbonyl (C=O) groups excluding carboxylic acids is 2. The minimum atomic E-state index is -1.94. The van der Waals surface area contributed by atoms with E-state index in [2.05, 4.69) is 5.32 Å². The van der Waals surface area contributed by atoms with E-state index < -0.39 is 28.6 Å². The lowest BCUT2D eigenvalue weighted by Gasteiger charge is -2.20. The molecule has 1 aliphatic heterocycles. The van der Waals surface area contributed by atoms with Gasteiger partial charge in [-0.15, -0.1) is 0 Å². The number of ketones is 1. The Morgan fingerprint density at radius 1 is 1.25 bits per heavy atom. The van der Waals surface area contributed by atoms with Gasteiger partial charge in [0.2, 0.25) is 0 Å². The summed E-state index contributed by atoms with van der Waals surface area (Å²) in [5.74, 6) is -1.13. The number of rotatable bonds is 4. The van der Waals surface area contributed by atoms with Crippen molar-refractivity contribution < 1.29 is 19.6 Å². The lowest BCUT2D eigenvalue weighted by molar-refractivity contribution is -0.384. The molecule has 122 valence electrons. The normalized spacial score (nSPS) is 18.8. The number of non-ortho nitro benzene ring substituents is 1. The third-order valence-electron chi connectivity index (χ3n) is 4.06. The molecular weight excluding hydrogens is 312 g/mol. The highest BCUT2D eigenvalue weighted by molar-refractivity contribution is 6.09. The monoisotopic (exact) mass is 326 g/mol. The van der Waals surface area contributed by atoms with Gasteiger partial charge in [-0.1, -0.05) is 17.7 Å². The van der Waals surface area contributed by atoms with Gasteiger partial charge in [-0.25, -0.2) is 0 Å². The van der Waals surface area contributed by atoms with Crippen LogP contribution in [0.5, 0.6) is 0 Å². The van der Waals surface area contributed by atoms with Crippen molar-refractivity contribution in [3.63, 3.8) is 0 Å². The first-order valence-electron chi connectivity index (χ1n) is 7.24. The average molecular weight is 326 g/mol. The van der Waals surface area contributed by atoms with Gasteiger partial charge in [0.1, 0.15) is 0 Å². The standard InChI is InChI=1S/C17H14N2O5/c1-10-2-7-14-13(8-10)17(22,16(21)18-14)9-15(20)11-3-5-12(6-4-11)19(23)24/h2-8,22H,9H2,1H3,(H,18,21). The van der Waals surface area contributed by atoms with Crippen molar-refractivity contribution in [2.45, 2.75) is 18.9 Å². The lowest BCUT2D eigenvalue weighted by atomic mass is 9.87. The van der Waals surface area contributed by atoms with Gasteiger partial charge in [-0.05, 0) is 25.1 Å². The highest BCUT2D eigenvalue weighted by Crippen LogP contribution is 2.39. The molecule has 0 radical (unpaired) electrons. The summed E-state index contributed by atoms with van der Waals surface area (Å²) in [6.07, 6.45) is -0.437. The van der Waals surface area contributed by atoms with Crippen molar-refractivity contribution in [1.29, 1.82) is 0 Å². The van der Waals surface area contributed by atoms with Crippen molar-refractivity contribution in [3.8, 4) is 0 Å². The van der Waals surface area contributed by atoms with Crippen LogP contribution in [-0.2, 0) is 10.4 Å². The number of nitro groups is 1. The van der Waals surface area contributed by atoms with E-state index in [0.717, 1.165) is 5.56 Å². The molecule has 7 heteroatoms. The second-order valence-electron chi connectivity index (χ2n) is 5.77. The number of fused-ring (bicyclic) bond motifs is 1. The summed E-state index contributed by atoms with van der Waals surface area (Å²) in [6.45, 7) is 1.82. The Morgan fingerprint density at radius 3 is 2.54 bits per heavy atom. The summed E-state index contributed by atoms with van der Waals surface area (Å²) in [4.78, 5) is 34.7. The molecule has 2 aromatic rings. The summed E-state index contributed by atoms with van der Waals surface area (Å²) in [5, 5.41) is 24.0. The maximum atomic E-state index is 12.4. The first-order chi connectivity index (χ1) is 11.3. The summed E-state index contributed by atoms with van der Waals surface area (Å²) >= 11 is 0. The van der Waals surface area contributed by atoms with Crippen molar-refractivity contribution in [3.05, 3.63) is 69.3 Å². The fourth-order valence-electron chi connectivity index (χ4n) is 2.74. The van der Waals surface area contributed by atoms with Gasteiger partial charge in [0.15, 0.2) is 11.4 Å². The highest BCUT2D eigenvalue weighted by atomic mass is 16.6. The molecule has 1 aliphatic rings. The fraction of sp³-hybridized carbons (Fsp3) is 0.176. The van der Waals surface area contributed by atoms with Crippen molar-refractivity contribution in [1.82, 2.24) is 0 Å². The molecule has 0 spiro atoms. The molecule has 2 N–H and O–H groups in total. The number of nitrogens with zero attached hydrogens (tertiary/aromatic N) is 1. The molecule has 24 heavy (non-hydrogen) atoms. The van der Waals surface area contributed by atoms with Crippen LogP contribution in [0.3, 0.4) is 0 Å². The van der Waals surface area contributed by atoms with E-state index >= 15 is 0 Å². The van der Waals surface area contributed by atoms with Crippen LogP contribution in [0.1, 0.15) is 27.9 Å². The number of Topliss-reactive ketones (excluding diaryl/α,β-unsaturated/α-hetero) is 1. The number of hydrogen-bond donors (Lipinski definition) is 2. The second-order valence-corrected chi connectivity index (χ2v) is 5.77. The van der Waals surface area contributed by atoms with E-state index in [1.165, 1.54) is 24.3 Å². The number of nitrogens with one attached hydrogen (secondary N) is 1. The number of anilines is 1. The molecule has 0 saturated heterocycles. The summed E-state index contributed by atoms with van der Waals surface area (Å²) < 4.78 is 0. The minimum Gasteiger partial charge on any atom is -0.375 e. The van der Waals surface area contributed by atoms with Crippen molar-refractivity contribution in [2.24, 2.45) is 0 Å². The second kappa shape index (κ2) is 5.54. The first-order valence-corrected chi connectivity index (χ1v) is 7.24. The number of carbonyl (C=O) groups is 2. The van der Waals surface area contributed by atoms with E-state index in [-0.39, 0.29) is 11.3 Å². The van der Waals surface area contributed by atoms with E-state index in [4.69, 9.17) is 0 Å². The number of benzene rings is 2. The molecule has 0 bridgehead atoms.